The van der Waals surface area contributed by atoms with Crippen LogP contribution in [0.4, 0.5) is 0 Å². The number of hydrogen-bond donors (Lipinski definition) is 0. The average Bonchev–Trinajstić information content (AvgIpc) is 2.47. The summed E-state index contributed by atoms with van der Waals surface area (Å²) >= 11 is 0. The predicted octanol–water partition coefficient (Wildman–Crippen LogP) is 1.31. The summed E-state index contributed by atoms with van der Waals surface area (Å²) in [6.45, 7) is 6.48. The van der Waals surface area contributed by atoms with Crippen LogP contribution < -0.4 is 0 Å². The van der Waals surface area contributed by atoms with Gasteiger partial charge < -0.3 is 4.90 Å². The molecule has 2 heterocycles. The number of nitrogens with zero attached hydrogens (tertiary/aromatic N) is 2. The highest BCUT2D eigenvalue weighted by molar-refractivity contribution is 7.89. The molecular formula is C14H26N2O3S. The molecule has 2 saturated heterocycles. The Morgan fingerprint density at radius 2 is 1.80 bits per heavy atom. The van der Waals surface area contributed by atoms with E-state index in [-0.39, 0.29) is 17.6 Å². The Morgan fingerprint density at radius 3 is 2.40 bits per heavy atom. The molecule has 20 heavy (non-hydrogen) atoms. The summed E-state index contributed by atoms with van der Waals surface area (Å²) in [5.74, 6) is 0.837. The molecule has 1 atom stereocenters. The summed E-state index contributed by atoms with van der Waals surface area (Å²) in [6, 6.07) is 0. The molecule has 2 fully saturated rings. The Hall–Kier alpha value is -0.620. The molecule has 0 radical (unpaired) electrons. The van der Waals surface area contributed by atoms with Crippen LogP contribution in [0.3, 0.4) is 0 Å². The van der Waals surface area contributed by atoms with E-state index < -0.39 is 10.0 Å². The lowest BCUT2D eigenvalue weighted by molar-refractivity contribution is -0.138. The van der Waals surface area contributed by atoms with Gasteiger partial charge in [-0.25, -0.2) is 12.7 Å². The second kappa shape index (κ2) is 6.43. The van der Waals surface area contributed by atoms with Gasteiger partial charge >= 0.3 is 0 Å². The Morgan fingerprint density at radius 1 is 1.15 bits per heavy atom. The highest BCUT2D eigenvalue weighted by Crippen LogP contribution is 2.24. The third kappa shape index (κ3) is 3.52. The van der Waals surface area contributed by atoms with Crippen molar-refractivity contribution >= 4 is 15.9 Å². The third-order valence-electron chi connectivity index (χ3n) is 4.59. The zero-order valence-electron chi connectivity index (χ0n) is 12.5. The van der Waals surface area contributed by atoms with Crippen molar-refractivity contribution in [3.05, 3.63) is 0 Å². The van der Waals surface area contributed by atoms with Gasteiger partial charge in [-0.3, -0.25) is 4.79 Å². The predicted molar refractivity (Wildman–Crippen MR) is 78.7 cm³/mol. The Kier molecular flexibility index (Phi) is 5.07. The topological polar surface area (TPSA) is 57.7 Å². The molecule has 1 amide bonds. The molecule has 0 aromatic rings. The average molecular weight is 302 g/mol. The van der Waals surface area contributed by atoms with Crippen LogP contribution in [0.25, 0.3) is 0 Å². The maximum Gasteiger partial charge on any atom is 0.227 e. The van der Waals surface area contributed by atoms with Crippen molar-refractivity contribution in [1.82, 2.24) is 9.21 Å². The van der Waals surface area contributed by atoms with Crippen LogP contribution in [0.2, 0.25) is 0 Å². The maximum absolute atomic E-state index is 12.5. The van der Waals surface area contributed by atoms with Gasteiger partial charge in [0.1, 0.15) is 0 Å². The molecule has 0 spiro atoms. The molecule has 0 unspecified atom stereocenters. The molecule has 0 aromatic carbocycles. The van der Waals surface area contributed by atoms with E-state index >= 15 is 0 Å². The molecule has 2 rings (SSSR count). The number of rotatable bonds is 3. The van der Waals surface area contributed by atoms with E-state index in [1.165, 1.54) is 4.31 Å². The minimum Gasteiger partial charge on any atom is -0.342 e. The van der Waals surface area contributed by atoms with Crippen molar-refractivity contribution in [2.24, 2.45) is 11.8 Å². The van der Waals surface area contributed by atoms with Gasteiger partial charge in [0.05, 0.1) is 11.7 Å². The highest BCUT2D eigenvalue weighted by Gasteiger charge is 2.34. The molecule has 0 saturated carbocycles. The fourth-order valence-electron chi connectivity index (χ4n) is 3.07. The van der Waals surface area contributed by atoms with Crippen LogP contribution in [-0.4, -0.2) is 55.5 Å². The number of carbonyl (C=O) groups is 1. The Bertz CT molecular complexity index is 441. The molecule has 116 valence electrons. The second-order valence-corrected chi connectivity index (χ2v) is 8.36. The number of hydrogen-bond acceptors (Lipinski definition) is 3. The van der Waals surface area contributed by atoms with Crippen LogP contribution in [0, 0.1) is 11.8 Å². The van der Waals surface area contributed by atoms with Gasteiger partial charge in [0.15, 0.2) is 0 Å². The maximum atomic E-state index is 12.5. The van der Waals surface area contributed by atoms with Gasteiger partial charge in [-0.2, -0.15) is 0 Å². The van der Waals surface area contributed by atoms with Crippen LogP contribution in [0.1, 0.15) is 39.5 Å². The summed E-state index contributed by atoms with van der Waals surface area (Å²) in [6.07, 6.45) is 3.74. The van der Waals surface area contributed by atoms with Gasteiger partial charge in [0.25, 0.3) is 0 Å². The molecule has 0 aliphatic carbocycles. The van der Waals surface area contributed by atoms with Crippen LogP contribution in [-0.2, 0) is 14.8 Å². The van der Waals surface area contributed by atoms with E-state index in [1.54, 1.807) is 6.92 Å². The van der Waals surface area contributed by atoms with Gasteiger partial charge in [0, 0.05) is 26.2 Å². The number of amides is 1. The fraction of sp³-hybridized carbons (Fsp3) is 0.929. The first kappa shape index (κ1) is 15.8. The first-order chi connectivity index (χ1) is 9.44. The first-order valence-corrected chi connectivity index (χ1v) is 9.31. The zero-order chi connectivity index (χ0) is 14.8. The van der Waals surface area contributed by atoms with Crippen molar-refractivity contribution in [2.75, 3.05) is 31.9 Å². The normalized spacial score (nSPS) is 26.7. The minimum absolute atomic E-state index is 0.120. The number of likely N-dealkylation sites (tertiary alicyclic amines) is 1. The van der Waals surface area contributed by atoms with Crippen molar-refractivity contribution in [3.63, 3.8) is 0 Å². The Labute approximate surface area is 122 Å². The summed E-state index contributed by atoms with van der Waals surface area (Å²) in [4.78, 5) is 14.5. The van der Waals surface area contributed by atoms with E-state index in [4.69, 9.17) is 0 Å². The highest BCUT2D eigenvalue weighted by atomic mass is 32.2. The molecule has 5 nitrogen and oxygen atoms in total. The summed E-state index contributed by atoms with van der Waals surface area (Å²) < 4.78 is 25.4. The van der Waals surface area contributed by atoms with E-state index in [0.29, 0.717) is 19.0 Å². The Balaban J connectivity index is 1.97. The third-order valence-corrected chi connectivity index (χ3v) is 6.43. The molecular weight excluding hydrogens is 276 g/mol. The smallest absolute Gasteiger partial charge is 0.227 e. The van der Waals surface area contributed by atoms with Gasteiger partial charge in [-0.05, 0) is 38.5 Å². The zero-order valence-corrected chi connectivity index (χ0v) is 13.4. The summed E-state index contributed by atoms with van der Waals surface area (Å²) in [5, 5.41) is 0. The standard InChI is InChI=1S/C14H26N2O3S/c1-3-20(18,19)16-8-4-5-13(11-16)14(17)15-9-6-12(2)7-10-15/h12-13H,3-11H2,1-2H3/t13-/m0/s1. The fourth-order valence-corrected chi connectivity index (χ4v) is 4.25. The minimum atomic E-state index is -3.16. The molecule has 2 aliphatic heterocycles. The molecule has 0 N–H and O–H groups in total. The second-order valence-electron chi connectivity index (χ2n) is 6.11. The number of sulfonamides is 1. The monoisotopic (exact) mass is 302 g/mol. The van der Waals surface area contributed by atoms with Crippen molar-refractivity contribution < 1.29 is 13.2 Å². The molecule has 0 bridgehead atoms. The largest absolute Gasteiger partial charge is 0.342 e. The van der Waals surface area contributed by atoms with Gasteiger partial charge in [-0.15, -0.1) is 0 Å². The van der Waals surface area contributed by atoms with Crippen LogP contribution >= 0.6 is 0 Å². The van der Waals surface area contributed by atoms with E-state index in [1.807, 2.05) is 4.90 Å². The first-order valence-electron chi connectivity index (χ1n) is 7.70. The lowest BCUT2D eigenvalue weighted by Crippen LogP contribution is -2.48. The van der Waals surface area contributed by atoms with Crippen molar-refractivity contribution in [2.45, 2.75) is 39.5 Å². The summed E-state index contributed by atoms with van der Waals surface area (Å²) in [7, 11) is -3.16. The van der Waals surface area contributed by atoms with Gasteiger partial charge in [-0.1, -0.05) is 6.92 Å². The molecule has 2 aliphatic rings. The lowest BCUT2D eigenvalue weighted by Gasteiger charge is -2.36. The van der Waals surface area contributed by atoms with Crippen LogP contribution in [0.15, 0.2) is 0 Å². The quantitative estimate of drug-likeness (QED) is 0.790. The molecule has 0 aromatic heterocycles. The number of carbonyl (C=O) groups excluding carboxylic acids is 1. The van der Waals surface area contributed by atoms with E-state index in [0.717, 1.165) is 38.8 Å². The van der Waals surface area contributed by atoms with E-state index in [2.05, 4.69) is 6.92 Å². The summed E-state index contributed by atoms with van der Waals surface area (Å²) in [5.41, 5.74) is 0. The van der Waals surface area contributed by atoms with E-state index in [9.17, 15) is 13.2 Å². The van der Waals surface area contributed by atoms with Gasteiger partial charge in [0.2, 0.25) is 15.9 Å². The SMILES string of the molecule is CCS(=O)(=O)N1CCC[C@H](C(=O)N2CCC(C)CC2)C1. The lowest BCUT2D eigenvalue weighted by atomic mass is 9.94. The molecule has 6 heteroatoms. The number of piperidine rings is 2. The van der Waals surface area contributed by atoms with Crippen molar-refractivity contribution in [1.29, 1.82) is 0 Å². The van der Waals surface area contributed by atoms with Crippen LogP contribution in [0.5, 0.6) is 0 Å². The van der Waals surface area contributed by atoms with Crippen molar-refractivity contribution in [3.8, 4) is 0 Å².